The first-order valence-corrected chi connectivity index (χ1v) is 6.39. The van der Waals surface area contributed by atoms with Crippen LogP contribution in [-0.2, 0) is 14.3 Å². The highest BCUT2D eigenvalue weighted by atomic mass is 16.5. The number of Topliss-reactive ketones (excluding diaryl/α,β-unsaturated/α-hetero) is 2. The fourth-order valence-electron chi connectivity index (χ4n) is 2.43. The number of ether oxygens (including phenoxy) is 1. The van der Waals surface area contributed by atoms with Crippen molar-refractivity contribution < 1.29 is 23.5 Å². The first kappa shape index (κ1) is 13.5. The second kappa shape index (κ2) is 5.82. The molecule has 1 aliphatic rings. The highest BCUT2D eigenvalue weighted by molar-refractivity contribution is 5.99. The molecule has 0 aromatic carbocycles. The normalized spacial score (nSPS) is 22.5. The number of carbonyl (C=O) groups excluding carboxylic acids is 3. The van der Waals surface area contributed by atoms with E-state index in [0.29, 0.717) is 12.8 Å². The molecule has 0 saturated heterocycles. The predicted molar refractivity (Wildman–Crippen MR) is 65.5 cm³/mol. The summed E-state index contributed by atoms with van der Waals surface area (Å²) in [6.45, 7) is 2.00. The Bertz CT molecular complexity index is 474. The van der Waals surface area contributed by atoms with E-state index >= 15 is 0 Å². The molecule has 1 fully saturated rings. The summed E-state index contributed by atoms with van der Waals surface area (Å²) in [6, 6.07) is 3.17. The Morgan fingerprint density at radius 3 is 2.89 bits per heavy atom. The van der Waals surface area contributed by atoms with Gasteiger partial charge < -0.3 is 9.15 Å². The van der Waals surface area contributed by atoms with E-state index in [2.05, 4.69) is 0 Å². The van der Waals surface area contributed by atoms with Crippen molar-refractivity contribution in [1.29, 1.82) is 0 Å². The summed E-state index contributed by atoms with van der Waals surface area (Å²) in [4.78, 5) is 35.5. The van der Waals surface area contributed by atoms with E-state index in [-0.39, 0.29) is 36.3 Å². The van der Waals surface area contributed by atoms with Gasteiger partial charge in [-0.15, -0.1) is 0 Å². The van der Waals surface area contributed by atoms with Gasteiger partial charge in [-0.3, -0.25) is 14.4 Å². The molecule has 2 unspecified atom stereocenters. The lowest BCUT2D eigenvalue weighted by molar-refractivity contribution is -0.150. The van der Waals surface area contributed by atoms with Gasteiger partial charge in [-0.2, -0.15) is 0 Å². The summed E-state index contributed by atoms with van der Waals surface area (Å²) in [5.74, 6) is -1.52. The Morgan fingerprint density at radius 1 is 1.47 bits per heavy atom. The molecule has 0 radical (unpaired) electrons. The van der Waals surface area contributed by atoms with Gasteiger partial charge in [-0.1, -0.05) is 0 Å². The molecular formula is C14H16O5. The zero-order valence-electron chi connectivity index (χ0n) is 10.8. The molecule has 0 bridgehead atoms. The molecule has 19 heavy (non-hydrogen) atoms. The smallest absolute Gasteiger partial charge is 0.309 e. The van der Waals surface area contributed by atoms with Crippen LogP contribution in [0.3, 0.4) is 0 Å². The average molecular weight is 264 g/mol. The molecule has 1 saturated carbocycles. The zero-order valence-corrected chi connectivity index (χ0v) is 10.8. The van der Waals surface area contributed by atoms with Gasteiger partial charge in [0.05, 0.1) is 18.8 Å². The first-order valence-electron chi connectivity index (χ1n) is 6.39. The minimum Gasteiger partial charge on any atom is -0.466 e. The van der Waals surface area contributed by atoms with E-state index in [1.54, 1.807) is 19.1 Å². The van der Waals surface area contributed by atoms with Crippen molar-refractivity contribution in [1.82, 2.24) is 0 Å². The SMILES string of the molecule is CCOC(=O)C1CCC(=O)C1CC(=O)c1ccco1. The van der Waals surface area contributed by atoms with Crippen LogP contribution in [0.15, 0.2) is 22.8 Å². The van der Waals surface area contributed by atoms with E-state index < -0.39 is 11.8 Å². The summed E-state index contributed by atoms with van der Waals surface area (Å²) in [5.41, 5.74) is 0. The van der Waals surface area contributed by atoms with Crippen LogP contribution in [-0.4, -0.2) is 24.1 Å². The van der Waals surface area contributed by atoms with Crippen LogP contribution in [0, 0.1) is 11.8 Å². The van der Waals surface area contributed by atoms with Crippen molar-refractivity contribution in [3.63, 3.8) is 0 Å². The Balaban J connectivity index is 2.06. The monoisotopic (exact) mass is 264 g/mol. The molecule has 5 heteroatoms. The van der Waals surface area contributed by atoms with Gasteiger partial charge >= 0.3 is 5.97 Å². The fraction of sp³-hybridized carbons (Fsp3) is 0.500. The number of esters is 1. The van der Waals surface area contributed by atoms with Crippen molar-refractivity contribution >= 4 is 17.5 Å². The second-order valence-electron chi connectivity index (χ2n) is 4.57. The third-order valence-electron chi connectivity index (χ3n) is 3.39. The highest BCUT2D eigenvalue weighted by Crippen LogP contribution is 2.33. The Morgan fingerprint density at radius 2 is 2.26 bits per heavy atom. The minimum atomic E-state index is -0.573. The van der Waals surface area contributed by atoms with Crippen LogP contribution in [0.2, 0.25) is 0 Å². The number of hydrogen-bond donors (Lipinski definition) is 0. The largest absolute Gasteiger partial charge is 0.466 e. The maximum atomic E-state index is 11.9. The third-order valence-corrected chi connectivity index (χ3v) is 3.39. The van der Waals surface area contributed by atoms with Gasteiger partial charge in [0, 0.05) is 18.8 Å². The Kier molecular flexibility index (Phi) is 4.14. The molecule has 5 nitrogen and oxygen atoms in total. The summed E-state index contributed by atoms with van der Waals surface area (Å²) in [6.07, 6.45) is 2.22. The molecule has 1 aromatic rings. The van der Waals surface area contributed by atoms with Crippen LogP contribution in [0.25, 0.3) is 0 Å². The lowest BCUT2D eigenvalue weighted by Gasteiger charge is -2.15. The van der Waals surface area contributed by atoms with Crippen LogP contribution < -0.4 is 0 Å². The van der Waals surface area contributed by atoms with Crippen molar-refractivity contribution in [2.75, 3.05) is 6.61 Å². The molecule has 2 atom stereocenters. The molecule has 0 spiro atoms. The van der Waals surface area contributed by atoms with Crippen molar-refractivity contribution in [2.45, 2.75) is 26.2 Å². The second-order valence-corrected chi connectivity index (χ2v) is 4.57. The molecular weight excluding hydrogens is 248 g/mol. The van der Waals surface area contributed by atoms with Gasteiger partial charge in [0.15, 0.2) is 11.5 Å². The lowest BCUT2D eigenvalue weighted by atomic mass is 9.90. The fourth-order valence-corrected chi connectivity index (χ4v) is 2.43. The van der Waals surface area contributed by atoms with Crippen molar-refractivity contribution in [2.24, 2.45) is 11.8 Å². The maximum absolute atomic E-state index is 11.9. The molecule has 1 aromatic heterocycles. The van der Waals surface area contributed by atoms with Gasteiger partial charge in [0.25, 0.3) is 0 Å². The quantitative estimate of drug-likeness (QED) is 0.600. The highest BCUT2D eigenvalue weighted by Gasteiger charge is 2.41. The maximum Gasteiger partial charge on any atom is 0.309 e. The van der Waals surface area contributed by atoms with Crippen LogP contribution >= 0.6 is 0 Å². The van der Waals surface area contributed by atoms with Gasteiger partial charge in [-0.05, 0) is 25.5 Å². The van der Waals surface area contributed by atoms with E-state index in [1.807, 2.05) is 0 Å². The van der Waals surface area contributed by atoms with Crippen LogP contribution in [0.4, 0.5) is 0 Å². The molecule has 0 amide bonds. The van der Waals surface area contributed by atoms with Gasteiger partial charge in [0.1, 0.15) is 5.78 Å². The Hall–Kier alpha value is -1.91. The van der Waals surface area contributed by atoms with Crippen molar-refractivity contribution in [3.05, 3.63) is 24.2 Å². The van der Waals surface area contributed by atoms with E-state index in [9.17, 15) is 14.4 Å². The van der Waals surface area contributed by atoms with E-state index in [1.165, 1.54) is 6.26 Å². The topological polar surface area (TPSA) is 73.6 Å². The predicted octanol–water partition coefficient (Wildman–Crippen LogP) is 2.01. The van der Waals surface area contributed by atoms with Crippen molar-refractivity contribution in [3.8, 4) is 0 Å². The van der Waals surface area contributed by atoms with Gasteiger partial charge in [-0.25, -0.2) is 0 Å². The number of carbonyl (C=O) groups is 3. The molecule has 0 aliphatic heterocycles. The van der Waals surface area contributed by atoms with Crippen LogP contribution in [0.5, 0.6) is 0 Å². The summed E-state index contributed by atoms with van der Waals surface area (Å²) in [5, 5.41) is 0. The zero-order chi connectivity index (χ0) is 13.8. The number of furan rings is 1. The molecule has 0 N–H and O–H groups in total. The lowest BCUT2D eigenvalue weighted by Crippen LogP contribution is -2.26. The summed E-state index contributed by atoms with van der Waals surface area (Å²) in [7, 11) is 0. The van der Waals surface area contributed by atoms with Gasteiger partial charge in [0.2, 0.25) is 0 Å². The standard InChI is InChI=1S/C14H16O5/c1-2-18-14(17)9-5-6-11(15)10(9)8-12(16)13-4-3-7-19-13/h3-4,7,9-10H,2,5-6,8H2,1H3. The molecule has 1 heterocycles. The van der Waals surface area contributed by atoms with E-state index in [4.69, 9.17) is 9.15 Å². The molecule has 1 aliphatic carbocycles. The third kappa shape index (κ3) is 2.92. The molecule has 102 valence electrons. The van der Waals surface area contributed by atoms with Crippen LogP contribution in [0.1, 0.15) is 36.7 Å². The number of rotatable bonds is 5. The Labute approximate surface area is 110 Å². The molecule has 2 rings (SSSR count). The summed E-state index contributed by atoms with van der Waals surface area (Å²) < 4.78 is 9.96. The first-order chi connectivity index (χ1) is 9.13. The van der Waals surface area contributed by atoms with E-state index in [0.717, 1.165) is 0 Å². The number of hydrogen-bond acceptors (Lipinski definition) is 5. The number of ketones is 2. The average Bonchev–Trinajstić information content (AvgIpc) is 3.01. The summed E-state index contributed by atoms with van der Waals surface area (Å²) >= 11 is 0. The minimum absolute atomic E-state index is 0.00975.